The molecule has 1 N–H and O–H groups in total. The molecule has 5 aromatic rings. The average Bonchev–Trinajstić information content (AvgIpc) is 3.42. The highest BCUT2D eigenvalue weighted by molar-refractivity contribution is 7.98. The number of hydrogen-bond donors (Lipinski definition) is 1. The van der Waals surface area contributed by atoms with E-state index < -0.39 is 0 Å². The second kappa shape index (κ2) is 12.3. The van der Waals surface area contributed by atoms with Crippen molar-refractivity contribution >= 4 is 34.4 Å². The Labute approximate surface area is 246 Å². The minimum Gasteiger partial charge on any atom is -0.369 e. The highest BCUT2D eigenvalue weighted by atomic mass is 32.2. The molecular weight excluding hydrogens is 526 g/mol. The average molecular weight is 564 g/mol. The maximum Gasteiger partial charge on any atom is 0.170 e. The SMILES string of the molecule is CSc1ccc(-n2c(-c3ccccc3)nc3c(NCCCN4CCN(c5cccc(C)c5C)CC4)ncnc32)cc1. The summed E-state index contributed by atoms with van der Waals surface area (Å²) in [7, 11) is 0. The maximum atomic E-state index is 5.08. The first-order chi connectivity index (χ1) is 20.1. The van der Waals surface area contributed by atoms with Gasteiger partial charge in [0.1, 0.15) is 12.2 Å². The smallest absolute Gasteiger partial charge is 0.170 e. The summed E-state index contributed by atoms with van der Waals surface area (Å²) in [5, 5.41) is 3.57. The van der Waals surface area contributed by atoms with Crippen LogP contribution < -0.4 is 10.2 Å². The summed E-state index contributed by atoms with van der Waals surface area (Å²) in [6.07, 6.45) is 4.77. The van der Waals surface area contributed by atoms with Crippen molar-refractivity contribution in [2.24, 2.45) is 0 Å². The molecule has 0 unspecified atom stereocenters. The number of piperazine rings is 1. The number of imidazole rings is 1. The zero-order valence-electron chi connectivity index (χ0n) is 24.0. The van der Waals surface area contributed by atoms with E-state index >= 15 is 0 Å². The van der Waals surface area contributed by atoms with Crippen LogP contribution in [-0.4, -0.2) is 69.9 Å². The second-order valence-corrected chi connectivity index (χ2v) is 11.4. The van der Waals surface area contributed by atoms with Crippen molar-refractivity contribution in [2.45, 2.75) is 25.2 Å². The van der Waals surface area contributed by atoms with E-state index in [1.165, 1.54) is 21.7 Å². The van der Waals surface area contributed by atoms with Gasteiger partial charge in [0.15, 0.2) is 17.0 Å². The molecule has 1 aliphatic rings. The van der Waals surface area contributed by atoms with Crippen molar-refractivity contribution in [1.82, 2.24) is 24.4 Å². The van der Waals surface area contributed by atoms with Gasteiger partial charge in [0.2, 0.25) is 0 Å². The summed E-state index contributed by atoms with van der Waals surface area (Å²) < 4.78 is 2.14. The van der Waals surface area contributed by atoms with Gasteiger partial charge in [-0.25, -0.2) is 15.0 Å². The number of aryl methyl sites for hydroxylation is 1. The molecule has 7 nitrogen and oxygen atoms in total. The van der Waals surface area contributed by atoms with Gasteiger partial charge in [-0.3, -0.25) is 9.47 Å². The topological polar surface area (TPSA) is 62.1 Å². The molecule has 1 saturated heterocycles. The number of hydrogen-bond acceptors (Lipinski definition) is 7. The minimum absolute atomic E-state index is 0.784. The molecule has 210 valence electrons. The molecular formula is C33H37N7S. The Kier molecular flexibility index (Phi) is 8.21. The molecule has 2 aromatic heterocycles. The van der Waals surface area contributed by atoms with Crippen molar-refractivity contribution in [3.8, 4) is 17.1 Å². The molecule has 6 rings (SSSR count). The van der Waals surface area contributed by atoms with Gasteiger partial charge in [0.25, 0.3) is 0 Å². The molecule has 41 heavy (non-hydrogen) atoms. The Hall–Kier alpha value is -3.88. The standard InChI is InChI=1S/C33H37N7S/c1-24-9-7-12-29(25(24)2)39-21-19-38(20-22-39)18-8-17-34-31-30-33(36-23-35-31)40(27-13-15-28(41-3)16-14-27)32(37-30)26-10-5-4-6-11-26/h4-7,9-16,23H,8,17-22H2,1-3H3,(H,34,35,36). The molecule has 0 saturated carbocycles. The molecule has 1 fully saturated rings. The molecule has 1 aliphatic heterocycles. The third kappa shape index (κ3) is 5.80. The highest BCUT2D eigenvalue weighted by Crippen LogP contribution is 2.31. The normalized spacial score (nSPS) is 14.1. The summed E-state index contributed by atoms with van der Waals surface area (Å²) >= 11 is 1.74. The maximum absolute atomic E-state index is 5.08. The van der Waals surface area contributed by atoms with Crippen LogP contribution in [0.3, 0.4) is 0 Å². The van der Waals surface area contributed by atoms with Gasteiger partial charge < -0.3 is 10.2 Å². The van der Waals surface area contributed by atoms with Gasteiger partial charge in [-0.1, -0.05) is 42.5 Å². The first-order valence-corrected chi connectivity index (χ1v) is 15.6. The Morgan fingerprint density at radius 3 is 2.39 bits per heavy atom. The third-order valence-electron chi connectivity index (χ3n) is 8.04. The Morgan fingerprint density at radius 1 is 0.854 bits per heavy atom. The number of aromatic nitrogens is 4. The number of fused-ring (bicyclic) bond motifs is 1. The molecule has 0 radical (unpaired) electrons. The molecule has 0 atom stereocenters. The minimum atomic E-state index is 0.784. The molecule has 3 aromatic carbocycles. The van der Waals surface area contributed by atoms with Crippen LogP contribution >= 0.6 is 11.8 Å². The Morgan fingerprint density at radius 2 is 1.63 bits per heavy atom. The first-order valence-electron chi connectivity index (χ1n) is 14.3. The number of benzene rings is 3. The van der Waals surface area contributed by atoms with Crippen molar-refractivity contribution in [1.29, 1.82) is 0 Å². The molecule has 0 bridgehead atoms. The number of thioether (sulfide) groups is 1. The van der Waals surface area contributed by atoms with E-state index in [9.17, 15) is 0 Å². The third-order valence-corrected chi connectivity index (χ3v) is 8.78. The van der Waals surface area contributed by atoms with Crippen molar-refractivity contribution in [3.63, 3.8) is 0 Å². The molecule has 3 heterocycles. The van der Waals surface area contributed by atoms with Gasteiger partial charge in [0, 0.05) is 54.6 Å². The number of rotatable bonds is 9. The lowest BCUT2D eigenvalue weighted by Crippen LogP contribution is -2.47. The zero-order chi connectivity index (χ0) is 28.2. The number of nitrogens with one attached hydrogen (secondary N) is 1. The lowest BCUT2D eigenvalue weighted by Gasteiger charge is -2.37. The van der Waals surface area contributed by atoms with Crippen molar-refractivity contribution in [3.05, 3.63) is 90.3 Å². The second-order valence-electron chi connectivity index (χ2n) is 10.6. The lowest BCUT2D eigenvalue weighted by molar-refractivity contribution is 0.257. The van der Waals surface area contributed by atoms with E-state index in [-0.39, 0.29) is 0 Å². The van der Waals surface area contributed by atoms with Crippen LogP contribution in [-0.2, 0) is 0 Å². The molecule has 8 heteroatoms. The predicted molar refractivity (Wildman–Crippen MR) is 172 cm³/mol. The molecule has 0 aliphatic carbocycles. The van der Waals surface area contributed by atoms with Gasteiger partial charge >= 0.3 is 0 Å². The summed E-state index contributed by atoms with van der Waals surface area (Å²) in [6, 6.07) is 25.5. The lowest BCUT2D eigenvalue weighted by atomic mass is 10.1. The summed E-state index contributed by atoms with van der Waals surface area (Å²) in [4.78, 5) is 20.7. The number of anilines is 2. The first kappa shape index (κ1) is 27.3. The van der Waals surface area contributed by atoms with Gasteiger partial charge in [-0.05, 0) is 74.5 Å². The van der Waals surface area contributed by atoms with Gasteiger partial charge in [-0.2, -0.15) is 0 Å². The Balaban J connectivity index is 1.14. The van der Waals surface area contributed by atoms with E-state index in [0.29, 0.717) is 0 Å². The predicted octanol–water partition coefficient (Wildman–Crippen LogP) is 6.45. The van der Waals surface area contributed by atoms with Crippen LogP contribution in [0.4, 0.5) is 11.5 Å². The van der Waals surface area contributed by atoms with Crippen molar-refractivity contribution < 1.29 is 0 Å². The monoisotopic (exact) mass is 563 g/mol. The van der Waals surface area contributed by atoms with E-state index in [0.717, 1.165) is 79.7 Å². The fraction of sp³-hybridized carbons (Fsp3) is 0.303. The van der Waals surface area contributed by atoms with Crippen molar-refractivity contribution in [2.75, 3.05) is 55.7 Å². The fourth-order valence-corrected chi connectivity index (χ4v) is 5.99. The van der Waals surface area contributed by atoms with Crippen LogP contribution in [0.1, 0.15) is 17.5 Å². The molecule has 0 amide bonds. The van der Waals surface area contributed by atoms with Gasteiger partial charge in [-0.15, -0.1) is 11.8 Å². The summed E-state index contributed by atoms with van der Waals surface area (Å²) in [5.41, 5.74) is 7.83. The summed E-state index contributed by atoms with van der Waals surface area (Å²) in [6.45, 7) is 10.6. The van der Waals surface area contributed by atoms with Crippen LogP contribution in [0.5, 0.6) is 0 Å². The highest BCUT2D eigenvalue weighted by Gasteiger charge is 2.20. The van der Waals surface area contributed by atoms with E-state index in [1.54, 1.807) is 18.1 Å². The zero-order valence-corrected chi connectivity index (χ0v) is 24.9. The van der Waals surface area contributed by atoms with Crippen LogP contribution in [0, 0.1) is 13.8 Å². The van der Waals surface area contributed by atoms with Crippen LogP contribution in [0.25, 0.3) is 28.2 Å². The van der Waals surface area contributed by atoms with Crippen LogP contribution in [0.2, 0.25) is 0 Å². The van der Waals surface area contributed by atoms with E-state index in [2.05, 4.69) is 104 Å². The van der Waals surface area contributed by atoms with Gasteiger partial charge in [0.05, 0.1) is 0 Å². The largest absolute Gasteiger partial charge is 0.369 e. The Bertz CT molecular complexity index is 1610. The quantitative estimate of drug-likeness (QED) is 0.163. The fourth-order valence-electron chi connectivity index (χ4n) is 5.58. The summed E-state index contributed by atoms with van der Waals surface area (Å²) in [5.74, 6) is 1.65. The van der Waals surface area contributed by atoms with E-state index in [4.69, 9.17) is 4.98 Å². The molecule has 0 spiro atoms. The number of nitrogens with zero attached hydrogens (tertiary/aromatic N) is 6. The van der Waals surface area contributed by atoms with Crippen LogP contribution in [0.15, 0.2) is 84.0 Å². The van der Waals surface area contributed by atoms with E-state index in [1.807, 2.05) is 18.2 Å².